The van der Waals surface area contributed by atoms with Crippen LogP contribution in [0.1, 0.15) is 59.5 Å². The van der Waals surface area contributed by atoms with Crippen molar-refractivity contribution in [2.45, 2.75) is 44.8 Å². The number of carbonyl (C=O) groups excluding carboxylic acids is 1. The molecule has 1 unspecified atom stereocenters. The minimum absolute atomic E-state index is 0.0143. The number of benzene rings is 2. The van der Waals surface area contributed by atoms with Gasteiger partial charge in [-0.3, -0.25) is 9.78 Å². The molecule has 0 amide bonds. The summed E-state index contributed by atoms with van der Waals surface area (Å²) < 4.78 is 12.6. The summed E-state index contributed by atoms with van der Waals surface area (Å²) in [5, 5.41) is 11.2. The Labute approximate surface area is 229 Å². The molecular weight excluding hydrogens is 500 g/mol. The zero-order chi connectivity index (χ0) is 26.9. The van der Waals surface area contributed by atoms with Crippen molar-refractivity contribution < 1.29 is 19.4 Å². The fraction of sp³-hybridized carbons (Fsp3) is 0.355. The Bertz CT molecular complexity index is 1210. The normalized spacial score (nSPS) is 15.2. The Morgan fingerprint density at radius 3 is 2.61 bits per heavy atom. The van der Waals surface area contributed by atoms with E-state index in [4.69, 9.17) is 21.1 Å². The van der Waals surface area contributed by atoms with Gasteiger partial charge in [0.25, 0.3) is 0 Å². The second-order valence-electron chi connectivity index (χ2n) is 9.55. The maximum atomic E-state index is 11.8. The number of allylic oxidation sites excluding steroid dienone is 1. The van der Waals surface area contributed by atoms with E-state index in [1.165, 1.54) is 6.92 Å². The quantitative estimate of drug-likeness (QED) is 0.164. The third kappa shape index (κ3) is 7.22. The van der Waals surface area contributed by atoms with Crippen LogP contribution in [-0.4, -0.2) is 53.1 Å². The van der Waals surface area contributed by atoms with Gasteiger partial charge in [-0.1, -0.05) is 35.9 Å². The third-order valence-electron chi connectivity index (χ3n) is 6.84. The molecule has 1 atom stereocenters. The summed E-state index contributed by atoms with van der Waals surface area (Å²) in [5.74, 6) is 0.410. The zero-order valence-electron chi connectivity index (χ0n) is 21.8. The van der Waals surface area contributed by atoms with Gasteiger partial charge >= 0.3 is 0 Å². The first-order valence-electron chi connectivity index (χ1n) is 13.1. The zero-order valence-corrected chi connectivity index (χ0v) is 22.6. The number of phenolic OH excluding ortho intramolecular Hbond substituents is 1. The molecule has 38 heavy (non-hydrogen) atoms. The highest BCUT2D eigenvalue weighted by molar-refractivity contribution is 6.30. The fourth-order valence-electron chi connectivity index (χ4n) is 4.80. The van der Waals surface area contributed by atoms with Gasteiger partial charge in [0, 0.05) is 36.4 Å². The Morgan fingerprint density at radius 1 is 1.18 bits per heavy atom. The van der Waals surface area contributed by atoms with Gasteiger partial charge in [0.1, 0.15) is 17.6 Å². The molecule has 4 rings (SSSR count). The number of piperidine rings is 1. The van der Waals surface area contributed by atoms with Gasteiger partial charge in [-0.2, -0.15) is 0 Å². The molecule has 1 aliphatic heterocycles. The molecule has 1 aliphatic rings. The summed E-state index contributed by atoms with van der Waals surface area (Å²) in [6.45, 7) is 8.55. The van der Waals surface area contributed by atoms with Crippen molar-refractivity contribution in [3.05, 3.63) is 101 Å². The lowest BCUT2D eigenvalue weighted by molar-refractivity contribution is -0.0288. The summed E-state index contributed by atoms with van der Waals surface area (Å²) >= 11 is 6.11. The number of aromatic hydroxyl groups is 1. The molecule has 0 spiro atoms. The first kappa shape index (κ1) is 27.8. The molecule has 0 radical (unpaired) electrons. The lowest BCUT2D eigenvalue weighted by Gasteiger charge is -2.34. The summed E-state index contributed by atoms with van der Waals surface area (Å²) in [6.07, 6.45) is 6.60. The molecule has 6 nitrogen and oxygen atoms in total. The van der Waals surface area contributed by atoms with Gasteiger partial charge in [0.2, 0.25) is 0 Å². The highest BCUT2D eigenvalue weighted by Gasteiger charge is 2.25. The fourth-order valence-corrected chi connectivity index (χ4v) is 4.92. The minimum Gasteiger partial charge on any atom is -0.507 e. The molecule has 0 saturated carbocycles. The first-order chi connectivity index (χ1) is 18.5. The molecule has 0 bridgehead atoms. The van der Waals surface area contributed by atoms with Crippen molar-refractivity contribution in [2.75, 3.05) is 26.2 Å². The number of ketones is 1. The van der Waals surface area contributed by atoms with Gasteiger partial charge in [0.05, 0.1) is 24.0 Å². The first-order valence-corrected chi connectivity index (χ1v) is 13.5. The number of hydrogen-bond acceptors (Lipinski definition) is 6. The van der Waals surface area contributed by atoms with E-state index >= 15 is 0 Å². The second kappa shape index (κ2) is 13.6. The van der Waals surface area contributed by atoms with E-state index in [2.05, 4.69) is 16.5 Å². The maximum absolute atomic E-state index is 11.8. The number of Topliss-reactive ketones (excluding diaryl/α,β-unsaturated/α-hetero) is 1. The monoisotopic (exact) mass is 534 g/mol. The van der Waals surface area contributed by atoms with E-state index in [0.717, 1.165) is 50.2 Å². The van der Waals surface area contributed by atoms with Crippen LogP contribution in [-0.2, 0) is 11.2 Å². The van der Waals surface area contributed by atoms with E-state index in [1.807, 2.05) is 42.5 Å². The average molecular weight is 535 g/mol. The van der Waals surface area contributed by atoms with Gasteiger partial charge < -0.3 is 19.5 Å². The Balaban J connectivity index is 1.27. The van der Waals surface area contributed by atoms with Crippen molar-refractivity contribution in [3.63, 3.8) is 0 Å². The Kier molecular flexibility index (Phi) is 9.93. The maximum Gasteiger partial charge on any atom is 0.163 e. The second-order valence-corrected chi connectivity index (χ2v) is 9.99. The summed E-state index contributed by atoms with van der Waals surface area (Å²) in [7, 11) is 0. The number of nitrogens with zero attached hydrogens (tertiary/aromatic N) is 2. The molecule has 3 aromatic rings. The van der Waals surface area contributed by atoms with E-state index in [1.54, 1.807) is 24.4 Å². The van der Waals surface area contributed by atoms with Crippen LogP contribution in [0.5, 0.6) is 11.5 Å². The van der Waals surface area contributed by atoms with Crippen LogP contribution < -0.4 is 4.74 Å². The third-order valence-corrected chi connectivity index (χ3v) is 7.09. The largest absolute Gasteiger partial charge is 0.507 e. The standard InChI is InChI=1S/C31H35ClN2O4/c1-3-7-27-29(14-13-26(22(2)35)30(27)36)37-21-6-18-34-19-15-25(16-20-34)38-31(28-8-4-5-17-33-28)23-9-11-24(32)12-10-23/h3-5,8-14,17,25,31,36H,1,6-7,15-16,18-21H2,2H3. The lowest BCUT2D eigenvalue weighted by Crippen LogP contribution is -2.38. The van der Waals surface area contributed by atoms with Crippen molar-refractivity contribution >= 4 is 17.4 Å². The molecular formula is C31H35ClN2O4. The van der Waals surface area contributed by atoms with E-state index in [9.17, 15) is 9.90 Å². The predicted octanol–water partition coefficient (Wildman–Crippen LogP) is 6.41. The highest BCUT2D eigenvalue weighted by atomic mass is 35.5. The number of carbonyl (C=O) groups is 1. The number of ether oxygens (including phenoxy) is 2. The molecule has 1 N–H and O–H groups in total. The number of phenols is 1. The van der Waals surface area contributed by atoms with Crippen LogP contribution in [0.15, 0.2) is 73.4 Å². The van der Waals surface area contributed by atoms with Crippen molar-refractivity contribution in [1.29, 1.82) is 0 Å². The summed E-state index contributed by atoms with van der Waals surface area (Å²) in [4.78, 5) is 18.7. The summed E-state index contributed by atoms with van der Waals surface area (Å²) in [6, 6.07) is 17.1. The minimum atomic E-state index is -0.228. The molecule has 7 heteroatoms. The Morgan fingerprint density at radius 2 is 1.95 bits per heavy atom. The summed E-state index contributed by atoms with van der Waals surface area (Å²) in [5.41, 5.74) is 2.85. The SMILES string of the molecule is C=CCc1c(OCCCN2CCC(OC(c3ccc(Cl)cc3)c3ccccn3)CC2)ccc(C(C)=O)c1O. The highest BCUT2D eigenvalue weighted by Crippen LogP contribution is 2.33. The smallest absolute Gasteiger partial charge is 0.163 e. The lowest BCUT2D eigenvalue weighted by atomic mass is 10.0. The molecule has 1 saturated heterocycles. The topological polar surface area (TPSA) is 71.9 Å². The van der Waals surface area contributed by atoms with E-state index in [-0.39, 0.29) is 23.7 Å². The number of hydrogen-bond donors (Lipinski definition) is 1. The van der Waals surface area contributed by atoms with Crippen LogP contribution in [0.3, 0.4) is 0 Å². The van der Waals surface area contributed by atoms with Crippen molar-refractivity contribution in [1.82, 2.24) is 9.88 Å². The number of aromatic nitrogens is 1. The predicted molar refractivity (Wildman–Crippen MR) is 150 cm³/mol. The van der Waals surface area contributed by atoms with Crippen LogP contribution in [0.25, 0.3) is 0 Å². The van der Waals surface area contributed by atoms with Gasteiger partial charge in [0.15, 0.2) is 5.78 Å². The molecule has 1 aromatic heterocycles. The molecule has 200 valence electrons. The van der Waals surface area contributed by atoms with Crippen molar-refractivity contribution in [2.24, 2.45) is 0 Å². The number of pyridine rings is 1. The Hall–Kier alpha value is -3.19. The molecule has 1 fully saturated rings. The van der Waals surface area contributed by atoms with Gasteiger partial charge in [-0.25, -0.2) is 0 Å². The molecule has 2 heterocycles. The number of likely N-dealkylation sites (tertiary alicyclic amines) is 1. The average Bonchev–Trinajstić information content (AvgIpc) is 2.93. The van der Waals surface area contributed by atoms with Crippen LogP contribution in [0.4, 0.5) is 0 Å². The van der Waals surface area contributed by atoms with E-state index < -0.39 is 0 Å². The molecule has 0 aliphatic carbocycles. The van der Waals surface area contributed by atoms with E-state index in [0.29, 0.717) is 34.9 Å². The molecule has 2 aromatic carbocycles. The van der Waals surface area contributed by atoms with Crippen molar-refractivity contribution in [3.8, 4) is 11.5 Å². The van der Waals surface area contributed by atoms with Crippen LogP contribution in [0.2, 0.25) is 5.02 Å². The van der Waals surface area contributed by atoms with Gasteiger partial charge in [-0.05, 0) is 74.6 Å². The van der Waals surface area contributed by atoms with Crippen LogP contribution >= 0.6 is 11.6 Å². The number of rotatable bonds is 12. The van der Waals surface area contributed by atoms with Gasteiger partial charge in [-0.15, -0.1) is 6.58 Å². The number of halogens is 1. The van der Waals surface area contributed by atoms with Crippen LogP contribution in [0, 0.1) is 0 Å².